The van der Waals surface area contributed by atoms with Crippen LogP contribution in [-0.2, 0) is 20.7 Å². The van der Waals surface area contributed by atoms with Gasteiger partial charge in [-0.3, -0.25) is 9.59 Å². The summed E-state index contributed by atoms with van der Waals surface area (Å²) in [7, 11) is 3.47. The highest BCUT2D eigenvalue weighted by Gasteiger charge is 2.24. The predicted octanol–water partition coefficient (Wildman–Crippen LogP) is 4.83. The molecule has 0 fully saturated rings. The largest absolute Gasteiger partial charge is 0.495 e. The lowest BCUT2D eigenvalue weighted by Crippen LogP contribution is -2.27. The third-order valence-electron chi connectivity index (χ3n) is 4.03. The van der Waals surface area contributed by atoms with Gasteiger partial charge in [0.25, 0.3) is 0 Å². The number of methoxy groups -OCH3 is 1. The zero-order valence-electron chi connectivity index (χ0n) is 18.6. The van der Waals surface area contributed by atoms with E-state index < -0.39 is 23.5 Å². The lowest BCUT2D eigenvalue weighted by molar-refractivity contribution is -0.160. The maximum absolute atomic E-state index is 11.9. The van der Waals surface area contributed by atoms with Crippen LogP contribution in [0.3, 0.4) is 0 Å². The van der Waals surface area contributed by atoms with Gasteiger partial charge in [-0.1, -0.05) is 19.9 Å². The van der Waals surface area contributed by atoms with Crippen molar-refractivity contribution >= 4 is 17.6 Å². The van der Waals surface area contributed by atoms with Crippen LogP contribution in [0.5, 0.6) is 5.75 Å². The maximum Gasteiger partial charge on any atom is 0.307 e. The van der Waals surface area contributed by atoms with Gasteiger partial charge in [0.1, 0.15) is 11.4 Å². The summed E-state index contributed by atoms with van der Waals surface area (Å²) in [5.74, 6) is -1.40. The third kappa shape index (κ3) is 9.11. The van der Waals surface area contributed by atoms with Gasteiger partial charge in [-0.15, -0.1) is 0 Å². The molecular weight excluding hydrogens is 358 g/mol. The van der Waals surface area contributed by atoms with Crippen molar-refractivity contribution in [3.05, 3.63) is 23.3 Å². The van der Waals surface area contributed by atoms with Crippen molar-refractivity contribution in [2.24, 2.45) is 5.92 Å². The molecule has 0 amide bonds. The van der Waals surface area contributed by atoms with E-state index in [2.05, 4.69) is 11.4 Å². The molecule has 0 radical (unpaired) electrons. The first kappa shape index (κ1) is 25.8. The summed E-state index contributed by atoms with van der Waals surface area (Å²) in [6.45, 7) is 11.3. The molecule has 0 aliphatic heterocycles. The Morgan fingerprint density at radius 3 is 2.29 bits per heavy atom. The Kier molecular flexibility index (Phi) is 11.3. The van der Waals surface area contributed by atoms with E-state index in [9.17, 15) is 14.7 Å². The number of nitrogens with one attached hydrogen (secondary N) is 1. The number of carboxylic acids is 1. The van der Waals surface area contributed by atoms with E-state index >= 15 is 0 Å². The minimum atomic E-state index is -0.963. The molecule has 28 heavy (non-hydrogen) atoms. The summed E-state index contributed by atoms with van der Waals surface area (Å²) < 4.78 is 10.6. The molecule has 1 aromatic carbocycles. The van der Waals surface area contributed by atoms with Crippen molar-refractivity contribution in [2.75, 3.05) is 19.5 Å². The van der Waals surface area contributed by atoms with Gasteiger partial charge in [-0.25, -0.2) is 0 Å². The number of aryl methyl sites for hydroxylation is 2. The lowest BCUT2D eigenvalue weighted by atomic mass is 9.96. The molecule has 0 saturated heterocycles. The smallest absolute Gasteiger partial charge is 0.307 e. The van der Waals surface area contributed by atoms with E-state index in [0.717, 1.165) is 29.0 Å². The molecule has 6 nitrogen and oxygen atoms in total. The Balaban J connectivity index is 0.00000352. The average Bonchev–Trinajstić information content (AvgIpc) is 2.60. The fraction of sp³-hybridized carbons (Fsp3) is 0.636. The quantitative estimate of drug-likeness (QED) is 0.583. The van der Waals surface area contributed by atoms with Crippen molar-refractivity contribution in [1.82, 2.24) is 0 Å². The van der Waals surface area contributed by atoms with E-state index in [-0.39, 0.29) is 6.42 Å². The van der Waals surface area contributed by atoms with Crippen molar-refractivity contribution in [2.45, 2.75) is 72.8 Å². The first-order chi connectivity index (χ1) is 13.1. The number of hydrogen-bond donors (Lipinski definition) is 2. The molecule has 1 atom stereocenters. The van der Waals surface area contributed by atoms with Crippen molar-refractivity contribution < 1.29 is 24.2 Å². The number of carboxylic acid groups (broad SMARTS) is 1. The molecule has 0 heterocycles. The first-order valence-corrected chi connectivity index (χ1v) is 9.87. The van der Waals surface area contributed by atoms with E-state index in [1.165, 1.54) is 0 Å². The highest BCUT2D eigenvalue weighted by atomic mass is 16.6. The standard InChI is InChI=1S/C20H31NO5.C2H6/c1-13-10-14(11-16(25-6)18(13)21-5)8-7-9-15(19(23)24)12-17(22)26-20(2,3)4;1-2/h10-11,15,21H,7-9,12H2,1-6H3,(H,23,24);1-2H3. The van der Waals surface area contributed by atoms with Crippen molar-refractivity contribution in [3.63, 3.8) is 0 Å². The maximum atomic E-state index is 11.9. The molecule has 0 aromatic heterocycles. The lowest BCUT2D eigenvalue weighted by Gasteiger charge is -2.21. The van der Waals surface area contributed by atoms with Crippen LogP contribution in [-0.4, -0.2) is 36.8 Å². The second-order valence-electron chi connectivity index (χ2n) is 7.46. The number of esters is 1. The fourth-order valence-corrected chi connectivity index (χ4v) is 2.90. The Morgan fingerprint density at radius 1 is 1.21 bits per heavy atom. The predicted molar refractivity (Wildman–Crippen MR) is 113 cm³/mol. The number of carbonyl (C=O) groups excluding carboxylic acids is 1. The fourth-order valence-electron chi connectivity index (χ4n) is 2.90. The normalized spacial score (nSPS) is 11.7. The molecule has 2 N–H and O–H groups in total. The van der Waals surface area contributed by atoms with Gasteiger partial charge < -0.3 is 19.9 Å². The molecule has 6 heteroatoms. The van der Waals surface area contributed by atoms with Gasteiger partial charge in [-0.05, 0) is 64.2 Å². The number of ether oxygens (including phenoxy) is 2. The highest BCUT2D eigenvalue weighted by molar-refractivity contribution is 5.78. The molecule has 160 valence electrons. The molecule has 0 spiro atoms. The van der Waals surface area contributed by atoms with Crippen LogP contribution in [0.25, 0.3) is 0 Å². The number of anilines is 1. The first-order valence-electron chi connectivity index (χ1n) is 9.87. The summed E-state index contributed by atoms with van der Waals surface area (Å²) in [5.41, 5.74) is 2.50. The van der Waals surface area contributed by atoms with Gasteiger partial charge >= 0.3 is 11.9 Å². The molecule has 0 saturated carbocycles. The molecule has 1 aromatic rings. The minimum Gasteiger partial charge on any atom is -0.495 e. The topological polar surface area (TPSA) is 84.9 Å². The van der Waals surface area contributed by atoms with Crippen LogP contribution in [0.15, 0.2) is 12.1 Å². The summed E-state index contributed by atoms with van der Waals surface area (Å²) in [6, 6.07) is 4.03. The minimum absolute atomic E-state index is 0.104. The highest BCUT2D eigenvalue weighted by Crippen LogP contribution is 2.30. The molecule has 1 rings (SSSR count). The van der Waals surface area contributed by atoms with Gasteiger partial charge in [-0.2, -0.15) is 0 Å². The van der Waals surface area contributed by atoms with Crippen LogP contribution in [0.2, 0.25) is 0 Å². The van der Waals surface area contributed by atoms with Gasteiger partial charge in [0.05, 0.1) is 25.1 Å². The van der Waals surface area contributed by atoms with Gasteiger partial charge in [0.2, 0.25) is 0 Å². The summed E-state index contributed by atoms with van der Waals surface area (Å²) >= 11 is 0. The monoisotopic (exact) mass is 395 g/mol. The molecule has 0 aliphatic rings. The Morgan fingerprint density at radius 2 is 1.82 bits per heavy atom. The SMILES string of the molecule is CC.CNc1c(C)cc(CCCC(CC(=O)OC(C)(C)C)C(=O)O)cc1OC. The number of benzene rings is 1. The van der Waals surface area contributed by atoms with Gasteiger partial charge in [0.15, 0.2) is 0 Å². The van der Waals surface area contributed by atoms with Crippen LogP contribution < -0.4 is 10.1 Å². The van der Waals surface area contributed by atoms with E-state index in [1.807, 2.05) is 33.9 Å². The molecule has 0 aliphatic carbocycles. The summed E-state index contributed by atoms with van der Waals surface area (Å²) in [4.78, 5) is 23.3. The zero-order valence-corrected chi connectivity index (χ0v) is 18.6. The Hall–Kier alpha value is -2.24. The summed E-state index contributed by atoms with van der Waals surface area (Å²) in [6.07, 6.45) is 1.71. The van der Waals surface area contributed by atoms with Crippen LogP contribution >= 0.6 is 0 Å². The summed E-state index contributed by atoms with van der Waals surface area (Å²) in [5, 5.41) is 12.5. The van der Waals surface area contributed by atoms with Crippen molar-refractivity contribution in [1.29, 1.82) is 0 Å². The second kappa shape index (κ2) is 12.3. The van der Waals surface area contributed by atoms with Crippen molar-refractivity contribution in [3.8, 4) is 5.75 Å². The van der Waals surface area contributed by atoms with Gasteiger partial charge in [0, 0.05) is 7.05 Å². The van der Waals surface area contributed by atoms with Crippen LogP contribution in [0.1, 0.15) is 65.0 Å². The van der Waals surface area contributed by atoms with E-state index in [4.69, 9.17) is 9.47 Å². The Bertz CT molecular complexity index is 635. The zero-order chi connectivity index (χ0) is 21.9. The van der Waals surface area contributed by atoms with E-state index in [0.29, 0.717) is 12.8 Å². The number of rotatable bonds is 9. The number of aliphatic carboxylic acids is 1. The van der Waals surface area contributed by atoms with E-state index in [1.54, 1.807) is 27.9 Å². The second-order valence-corrected chi connectivity index (χ2v) is 7.46. The number of hydrogen-bond acceptors (Lipinski definition) is 5. The molecular formula is C22H37NO5. The number of carbonyl (C=O) groups is 2. The van der Waals surface area contributed by atoms with Crippen LogP contribution in [0, 0.1) is 12.8 Å². The molecule has 1 unspecified atom stereocenters. The van der Waals surface area contributed by atoms with Crippen LogP contribution in [0.4, 0.5) is 5.69 Å². The Labute approximate surface area is 169 Å². The average molecular weight is 396 g/mol. The third-order valence-corrected chi connectivity index (χ3v) is 4.03. The molecule has 0 bridgehead atoms.